The summed E-state index contributed by atoms with van der Waals surface area (Å²) in [6.07, 6.45) is 5.26. The van der Waals surface area contributed by atoms with Crippen molar-refractivity contribution in [1.82, 2.24) is 4.90 Å². The Morgan fingerprint density at radius 3 is 3.00 bits per heavy atom. The maximum atomic E-state index is 5.73. The van der Waals surface area contributed by atoms with Gasteiger partial charge in [0, 0.05) is 25.7 Å². The van der Waals surface area contributed by atoms with Crippen LogP contribution in [0.25, 0.3) is 0 Å². The molecule has 0 radical (unpaired) electrons. The van der Waals surface area contributed by atoms with E-state index in [2.05, 4.69) is 18.7 Å². The molecule has 1 saturated heterocycles. The van der Waals surface area contributed by atoms with Crippen molar-refractivity contribution in [3.05, 3.63) is 0 Å². The van der Waals surface area contributed by atoms with E-state index in [-0.39, 0.29) is 0 Å². The van der Waals surface area contributed by atoms with Gasteiger partial charge in [-0.15, -0.1) is 0 Å². The van der Waals surface area contributed by atoms with Gasteiger partial charge < -0.3 is 15.4 Å². The first-order valence-corrected chi connectivity index (χ1v) is 6.28. The maximum absolute atomic E-state index is 5.73. The smallest absolute Gasteiger partial charge is 0.0673 e. The zero-order valence-corrected chi connectivity index (χ0v) is 10.2. The Labute approximate surface area is 94.0 Å². The molecule has 0 aromatic heterocycles. The number of rotatable bonds is 5. The van der Waals surface area contributed by atoms with Crippen LogP contribution in [0.1, 0.15) is 39.5 Å². The molecule has 3 heteroatoms. The summed E-state index contributed by atoms with van der Waals surface area (Å²) in [5.41, 5.74) is 5.73. The number of nitrogens with two attached hydrogens (primary N) is 1. The first-order chi connectivity index (χ1) is 7.18. The van der Waals surface area contributed by atoms with Gasteiger partial charge in [0.2, 0.25) is 0 Å². The van der Waals surface area contributed by atoms with Crippen LogP contribution in [0.4, 0.5) is 0 Å². The van der Waals surface area contributed by atoms with E-state index in [1.165, 1.54) is 32.4 Å². The molecule has 2 unspecified atom stereocenters. The average Bonchev–Trinajstić information content (AvgIpc) is 2.37. The van der Waals surface area contributed by atoms with E-state index in [0.29, 0.717) is 12.1 Å². The number of unbranched alkanes of at least 4 members (excludes halogenated alkanes) is 1. The van der Waals surface area contributed by atoms with Crippen LogP contribution in [-0.4, -0.2) is 43.3 Å². The van der Waals surface area contributed by atoms with E-state index in [1.807, 2.05) is 0 Å². The Hall–Kier alpha value is -0.120. The zero-order valence-electron chi connectivity index (χ0n) is 10.2. The van der Waals surface area contributed by atoms with E-state index in [0.717, 1.165) is 19.6 Å². The zero-order chi connectivity index (χ0) is 11.1. The van der Waals surface area contributed by atoms with Crippen molar-refractivity contribution in [2.24, 2.45) is 5.73 Å². The fraction of sp³-hybridized carbons (Fsp3) is 1.00. The van der Waals surface area contributed by atoms with E-state index in [9.17, 15) is 0 Å². The van der Waals surface area contributed by atoms with Gasteiger partial charge in [-0.05, 0) is 39.7 Å². The molecule has 0 amide bonds. The lowest BCUT2D eigenvalue weighted by molar-refractivity contribution is 0.0675. The van der Waals surface area contributed by atoms with Gasteiger partial charge >= 0.3 is 0 Å². The molecule has 0 aromatic carbocycles. The van der Waals surface area contributed by atoms with E-state index in [4.69, 9.17) is 10.5 Å². The van der Waals surface area contributed by atoms with Crippen LogP contribution in [0.2, 0.25) is 0 Å². The Balaban J connectivity index is 2.08. The van der Waals surface area contributed by atoms with Crippen molar-refractivity contribution in [3.8, 4) is 0 Å². The van der Waals surface area contributed by atoms with Gasteiger partial charge in [-0.2, -0.15) is 0 Å². The third kappa shape index (κ3) is 6.13. The lowest BCUT2D eigenvalue weighted by Crippen LogP contribution is -2.31. The number of hydrogen-bond acceptors (Lipinski definition) is 3. The molecule has 90 valence electrons. The Bertz CT molecular complexity index is 162. The highest BCUT2D eigenvalue weighted by Crippen LogP contribution is 2.07. The molecule has 3 nitrogen and oxygen atoms in total. The van der Waals surface area contributed by atoms with Crippen LogP contribution < -0.4 is 5.73 Å². The van der Waals surface area contributed by atoms with Crippen molar-refractivity contribution in [2.75, 3.05) is 26.2 Å². The van der Waals surface area contributed by atoms with Crippen molar-refractivity contribution in [3.63, 3.8) is 0 Å². The largest absolute Gasteiger partial charge is 0.377 e. The molecule has 0 bridgehead atoms. The summed E-state index contributed by atoms with van der Waals surface area (Å²) in [7, 11) is 0. The SMILES string of the molecule is CC(N)CCCCN1CCCOC(C)C1. The summed E-state index contributed by atoms with van der Waals surface area (Å²) in [6, 6.07) is 0.358. The number of nitrogens with zero attached hydrogens (tertiary/aromatic N) is 1. The molecule has 0 aromatic rings. The summed E-state index contributed by atoms with van der Waals surface area (Å²) in [5, 5.41) is 0. The summed E-state index contributed by atoms with van der Waals surface area (Å²) >= 11 is 0. The molecule has 1 fully saturated rings. The molecular weight excluding hydrogens is 188 g/mol. The average molecular weight is 214 g/mol. The van der Waals surface area contributed by atoms with Gasteiger partial charge in [-0.25, -0.2) is 0 Å². The lowest BCUT2D eigenvalue weighted by atomic mass is 10.1. The highest BCUT2D eigenvalue weighted by atomic mass is 16.5. The predicted molar refractivity (Wildman–Crippen MR) is 64.0 cm³/mol. The monoisotopic (exact) mass is 214 g/mol. The summed E-state index contributed by atoms with van der Waals surface area (Å²) < 4.78 is 5.62. The molecule has 0 aliphatic carbocycles. The van der Waals surface area contributed by atoms with Crippen molar-refractivity contribution >= 4 is 0 Å². The van der Waals surface area contributed by atoms with Crippen LogP contribution in [-0.2, 0) is 4.74 Å². The number of hydrogen-bond donors (Lipinski definition) is 1. The van der Waals surface area contributed by atoms with Gasteiger partial charge in [0.05, 0.1) is 6.10 Å². The lowest BCUT2D eigenvalue weighted by Gasteiger charge is -2.21. The molecular formula is C12H26N2O. The Morgan fingerprint density at radius 2 is 2.27 bits per heavy atom. The molecule has 1 aliphatic heterocycles. The van der Waals surface area contributed by atoms with Gasteiger partial charge in [-0.3, -0.25) is 0 Å². The topological polar surface area (TPSA) is 38.5 Å². The summed E-state index contributed by atoms with van der Waals surface area (Å²) in [5.74, 6) is 0. The molecule has 0 saturated carbocycles. The molecule has 2 atom stereocenters. The fourth-order valence-corrected chi connectivity index (χ4v) is 2.09. The summed E-state index contributed by atoms with van der Waals surface area (Å²) in [4.78, 5) is 2.53. The minimum atomic E-state index is 0.358. The molecule has 2 N–H and O–H groups in total. The second-order valence-corrected chi connectivity index (χ2v) is 4.81. The van der Waals surface area contributed by atoms with E-state index >= 15 is 0 Å². The number of ether oxygens (including phenoxy) is 1. The van der Waals surface area contributed by atoms with Crippen molar-refractivity contribution < 1.29 is 4.74 Å². The quantitative estimate of drug-likeness (QED) is 0.707. The van der Waals surface area contributed by atoms with Gasteiger partial charge in [0.25, 0.3) is 0 Å². The van der Waals surface area contributed by atoms with E-state index in [1.54, 1.807) is 0 Å². The van der Waals surface area contributed by atoms with Crippen LogP contribution >= 0.6 is 0 Å². The molecule has 0 spiro atoms. The Kier molecular flexibility index (Phi) is 6.22. The molecule has 1 rings (SSSR count). The third-order valence-corrected chi connectivity index (χ3v) is 2.92. The minimum absolute atomic E-state index is 0.358. The minimum Gasteiger partial charge on any atom is -0.377 e. The van der Waals surface area contributed by atoms with Crippen LogP contribution in [0.15, 0.2) is 0 Å². The van der Waals surface area contributed by atoms with Crippen LogP contribution in [0.5, 0.6) is 0 Å². The highest BCUT2D eigenvalue weighted by Gasteiger charge is 2.13. The standard InChI is InChI=1S/C12H26N2O/c1-11(13)6-3-4-7-14-8-5-9-15-12(2)10-14/h11-12H,3-10,13H2,1-2H3. The molecule has 15 heavy (non-hydrogen) atoms. The predicted octanol–water partition coefficient (Wildman–Crippen LogP) is 1.61. The highest BCUT2D eigenvalue weighted by molar-refractivity contribution is 4.67. The van der Waals surface area contributed by atoms with Crippen molar-refractivity contribution in [2.45, 2.75) is 51.7 Å². The second kappa shape index (κ2) is 7.20. The van der Waals surface area contributed by atoms with Crippen molar-refractivity contribution in [1.29, 1.82) is 0 Å². The fourth-order valence-electron chi connectivity index (χ4n) is 2.09. The van der Waals surface area contributed by atoms with Gasteiger partial charge in [0.15, 0.2) is 0 Å². The van der Waals surface area contributed by atoms with E-state index < -0.39 is 0 Å². The molecule has 1 aliphatic rings. The first kappa shape index (κ1) is 12.9. The Morgan fingerprint density at radius 1 is 1.47 bits per heavy atom. The van der Waals surface area contributed by atoms with Gasteiger partial charge in [-0.1, -0.05) is 6.42 Å². The first-order valence-electron chi connectivity index (χ1n) is 6.28. The molecule has 1 heterocycles. The normalized spacial score (nSPS) is 26.2. The van der Waals surface area contributed by atoms with Crippen LogP contribution in [0, 0.1) is 0 Å². The van der Waals surface area contributed by atoms with Gasteiger partial charge in [0.1, 0.15) is 0 Å². The van der Waals surface area contributed by atoms with Crippen LogP contribution in [0.3, 0.4) is 0 Å². The second-order valence-electron chi connectivity index (χ2n) is 4.81. The maximum Gasteiger partial charge on any atom is 0.0673 e. The summed E-state index contributed by atoms with van der Waals surface area (Å²) in [6.45, 7) is 8.68. The third-order valence-electron chi connectivity index (χ3n) is 2.92.